The van der Waals surface area contributed by atoms with E-state index in [1.54, 1.807) is 18.2 Å². The van der Waals surface area contributed by atoms with Crippen LogP contribution in [0, 0.1) is 5.92 Å². The van der Waals surface area contributed by atoms with Crippen LogP contribution >= 0.6 is 0 Å². The van der Waals surface area contributed by atoms with Crippen LogP contribution in [0.4, 0.5) is 0 Å². The molecule has 0 bridgehead atoms. The van der Waals surface area contributed by atoms with Gasteiger partial charge in [-0.25, -0.2) is 0 Å². The molecule has 5 N–H and O–H groups in total. The molecule has 0 saturated heterocycles. The van der Waals surface area contributed by atoms with Gasteiger partial charge in [0.25, 0.3) is 0 Å². The van der Waals surface area contributed by atoms with Crippen molar-refractivity contribution in [2.75, 3.05) is 6.61 Å². The standard InChI is InChI=1S/C16H24O6/c1-10(2)16(22,14(20)12(18)9-17)15(3,21)13(19)11-7-5-4-6-8-11/h4-8,10,12,14,17-18,20-22H,9H2,1-3H3/t12-,14-,15+,16+/m1/s1. The maximum absolute atomic E-state index is 12.6. The Kier molecular flexibility index (Phi) is 5.83. The van der Waals surface area contributed by atoms with Crippen LogP contribution in [-0.2, 0) is 0 Å². The summed E-state index contributed by atoms with van der Waals surface area (Å²) in [5.41, 5.74) is -4.54. The Morgan fingerprint density at radius 3 is 2.05 bits per heavy atom. The van der Waals surface area contributed by atoms with Crippen molar-refractivity contribution in [1.82, 2.24) is 0 Å². The van der Waals surface area contributed by atoms with Crippen LogP contribution < -0.4 is 0 Å². The summed E-state index contributed by atoms with van der Waals surface area (Å²) >= 11 is 0. The van der Waals surface area contributed by atoms with Gasteiger partial charge in [-0.15, -0.1) is 0 Å². The highest BCUT2D eigenvalue weighted by molar-refractivity contribution is 6.03. The predicted molar refractivity (Wildman–Crippen MR) is 80.3 cm³/mol. The average molecular weight is 312 g/mol. The summed E-state index contributed by atoms with van der Waals surface area (Å²) in [5, 5.41) is 50.3. The van der Waals surface area contributed by atoms with Crippen LogP contribution in [0.15, 0.2) is 30.3 Å². The van der Waals surface area contributed by atoms with Crippen molar-refractivity contribution in [3.05, 3.63) is 35.9 Å². The normalized spacial score (nSPS) is 20.0. The van der Waals surface area contributed by atoms with E-state index in [1.165, 1.54) is 26.0 Å². The lowest BCUT2D eigenvalue weighted by atomic mass is 9.68. The number of rotatable bonds is 7. The molecule has 0 radical (unpaired) electrons. The topological polar surface area (TPSA) is 118 Å². The molecule has 6 nitrogen and oxygen atoms in total. The first-order valence-electron chi connectivity index (χ1n) is 7.12. The van der Waals surface area contributed by atoms with E-state index in [1.807, 2.05) is 0 Å². The first-order chi connectivity index (χ1) is 10.1. The lowest BCUT2D eigenvalue weighted by molar-refractivity contribution is -0.222. The van der Waals surface area contributed by atoms with E-state index in [4.69, 9.17) is 5.11 Å². The van der Waals surface area contributed by atoms with Gasteiger partial charge < -0.3 is 25.5 Å². The van der Waals surface area contributed by atoms with Crippen LogP contribution in [0.1, 0.15) is 31.1 Å². The molecule has 1 rings (SSSR count). The molecule has 0 heterocycles. The van der Waals surface area contributed by atoms with Crippen molar-refractivity contribution < 1.29 is 30.3 Å². The SMILES string of the molecule is CC(C)[C@](O)([C@H](O)[C@H](O)CO)[C@@](C)(O)C(=O)c1ccccc1. The monoisotopic (exact) mass is 312 g/mol. The van der Waals surface area contributed by atoms with Crippen LogP contribution in [-0.4, -0.2) is 61.3 Å². The summed E-state index contributed by atoms with van der Waals surface area (Å²) in [4.78, 5) is 12.6. The maximum atomic E-state index is 12.6. The molecule has 0 spiro atoms. The molecule has 0 aliphatic carbocycles. The second-order valence-corrected chi connectivity index (χ2v) is 5.94. The number of hydrogen-bond donors (Lipinski definition) is 5. The summed E-state index contributed by atoms with van der Waals surface area (Å²) in [7, 11) is 0. The summed E-state index contributed by atoms with van der Waals surface area (Å²) in [5.74, 6) is -1.56. The molecular formula is C16H24O6. The highest BCUT2D eigenvalue weighted by Crippen LogP contribution is 2.37. The molecule has 0 fully saturated rings. The molecule has 0 aliphatic heterocycles. The lowest BCUT2D eigenvalue weighted by Gasteiger charge is -2.47. The van der Waals surface area contributed by atoms with E-state index >= 15 is 0 Å². The largest absolute Gasteiger partial charge is 0.394 e. The van der Waals surface area contributed by atoms with Crippen molar-refractivity contribution in [3.8, 4) is 0 Å². The van der Waals surface area contributed by atoms with Crippen LogP contribution in [0.5, 0.6) is 0 Å². The third kappa shape index (κ3) is 3.06. The Balaban J connectivity index is 3.32. The van der Waals surface area contributed by atoms with Crippen molar-refractivity contribution >= 4 is 5.78 Å². The Hall–Kier alpha value is -1.31. The molecule has 4 atom stereocenters. The number of ketones is 1. The predicted octanol–water partition coefficient (Wildman–Crippen LogP) is -0.279. The molecule has 0 unspecified atom stereocenters. The number of benzene rings is 1. The fourth-order valence-electron chi connectivity index (χ4n) is 2.64. The zero-order valence-corrected chi connectivity index (χ0v) is 13.0. The van der Waals surface area contributed by atoms with E-state index in [0.717, 1.165) is 6.92 Å². The molecule has 22 heavy (non-hydrogen) atoms. The van der Waals surface area contributed by atoms with Gasteiger partial charge in [0.2, 0.25) is 0 Å². The molecular weight excluding hydrogens is 288 g/mol. The number of carbonyl (C=O) groups is 1. The minimum Gasteiger partial charge on any atom is -0.394 e. The summed E-state index contributed by atoms with van der Waals surface area (Å²) in [6, 6.07) is 7.87. The van der Waals surface area contributed by atoms with Gasteiger partial charge in [-0.1, -0.05) is 44.2 Å². The van der Waals surface area contributed by atoms with Gasteiger partial charge in [0.1, 0.15) is 17.8 Å². The van der Waals surface area contributed by atoms with E-state index in [0.29, 0.717) is 0 Å². The minimum atomic E-state index is -2.36. The molecule has 0 amide bonds. The van der Waals surface area contributed by atoms with Gasteiger partial charge in [-0.2, -0.15) is 0 Å². The average Bonchev–Trinajstić information content (AvgIpc) is 2.52. The smallest absolute Gasteiger partial charge is 0.197 e. The molecule has 1 aromatic carbocycles. The fraction of sp³-hybridized carbons (Fsp3) is 0.562. The first-order valence-corrected chi connectivity index (χ1v) is 7.12. The zero-order chi connectivity index (χ0) is 17.1. The Morgan fingerprint density at radius 2 is 1.64 bits per heavy atom. The number of aliphatic hydroxyl groups is 5. The quantitative estimate of drug-likeness (QED) is 0.442. The second-order valence-electron chi connectivity index (χ2n) is 5.94. The van der Waals surface area contributed by atoms with Gasteiger partial charge in [0, 0.05) is 5.56 Å². The van der Waals surface area contributed by atoms with Gasteiger partial charge >= 0.3 is 0 Å². The fourth-order valence-corrected chi connectivity index (χ4v) is 2.64. The maximum Gasteiger partial charge on any atom is 0.197 e. The molecule has 6 heteroatoms. The Labute approximate surface area is 129 Å². The van der Waals surface area contributed by atoms with Gasteiger partial charge in [-0.05, 0) is 12.8 Å². The van der Waals surface area contributed by atoms with Crippen molar-refractivity contribution in [2.45, 2.75) is 44.2 Å². The van der Waals surface area contributed by atoms with Crippen molar-refractivity contribution in [3.63, 3.8) is 0 Å². The van der Waals surface area contributed by atoms with Gasteiger partial charge in [-0.3, -0.25) is 4.79 Å². The van der Waals surface area contributed by atoms with Crippen LogP contribution in [0.2, 0.25) is 0 Å². The number of aliphatic hydroxyl groups excluding tert-OH is 3. The third-order valence-electron chi connectivity index (χ3n) is 4.14. The van der Waals surface area contributed by atoms with Gasteiger partial charge in [0.05, 0.1) is 6.61 Å². The molecule has 0 aromatic heterocycles. The molecule has 124 valence electrons. The zero-order valence-electron chi connectivity index (χ0n) is 13.0. The van der Waals surface area contributed by atoms with Crippen molar-refractivity contribution in [1.29, 1.82) is 0 Å². The molecule has 0 saturated carbocycles. The van der Waals surface area contributed by atoms with Gasteiger partial charge in [0.15, 0.2) is 11.4 Å². The molecule has 0 aliphatic rings. The Bertz CT molecular complexity index is 499. The highest BCUT2D eigenvalue weighted by atomic mass is 16.4. The van der Waals surface area contributed by atoms with E-state index < -0.39 is 41.7 Å². The molecule has 1 aromatic rings. The lowest BCUT2D eigenvalue weighted by Crippen LogP contribution is -2.69. The van der Waals surface area contributed by atoms with Crippen LogP contribution in [0.3, 0.4) is 0 Å². The third-order valence-corrected chi connectivity index (χ3v) is 4.14. The minimum absolute atomic E-state index is 0.164. The first kappa shape index (κ1) is 18.7. The number of carbonyl (C=O) groups excluding carboxylic acids is 1. The second kappa shape index (κ2) is 6.85. The van der Waals surface area contributed by atoms with E-state index in [9.17, 15) is 25.2 Å². The summed E-state index contributed by atoms with van der Waals surface area (Å²) in [6.07, 6.45) is -3.59. The summed E-state index contributed by atoms with van der Waals surface area (Å²) in [6.45, 7) is 3.28. The van der Waals surface area contributed by atoms with E-state index in [2.05, 4.69) is 0 Å². The van der Waals surface area contributed by atoms with Crippen molar-refractivity contribution in [2.24, 2.45) is 5.92 Å². The van der Waals surface area contributed by atoms with Crippen LogP contribution in [0.25, 0.3) is 0 Å². The number of Topliss-reactive ketones (excluding diaryl/α,β-unsaturated/α-hetero) is 1. The Morgan fingerprint density at radius 1 is 1.14 bits per heavy atom. The number of hydrogen-bond acceptors (Lipinski definition) is 6. The summed E-state index contributed by atoms with van der Waals surface area (Å²) < 4.78 is 0. The van der Waals surface area contributed by atoms with E-state index in [-0.39, 0.29) is 5.56 Å². The highest BCUT2D eigenvalue weighted by Gasteiger charge is 2.58.